The van der Waals surface area contributed by atoms with Gasteiger partial charge in [-0.15, -0.1) is 0 Å². The number of piperidine rings is 1. The highest BCUT2D eigenvalue weighted by Crippen LogP contribution is 2.25. The van der Waals surface area contributed by atoms with E-state index in [0.29, 0.717) is 17.1 Å². The van der Waals surface area contributed by atoms with E-state index in [1.807, 2.05) is 0 Å². The summed E-state index contributed by atoms with van der Waals surface area (Å²) >= 11 is 0. The van der Waals surface area contributed by atoms with E-state index in [2.05, 4.69) is 0 Å². The molecule has 2 rings (SSSR count). The minimum atomic E-state index is -0.565. The summed E-state index contributed by atoms with van der Waals surface area (Å²) in [5, 5.41) is 0. The number of amides is 1. The molecule has 6 nitrogen and oxygen atoms in total. The third-order valence-corrected chi connectivity index (χ3v) is 3.88. The molecule has 0 bridgehead atoms. The summed E-state index contributed by atoms with van der Waals surface area (Å²) < 4.78 is 15.4. The van der Waals surface area contributed by atoms with Gasteiger partial charge in [-0.3, -0.25) is 4.79 Å². The van der Waals surface area contributed by atoms with Crippen LogP contribution in [-0.2, 0) is 14.3 Å². The maximum atomic E-state index is 11.9. The van der Waals surface area contributed by atoms with Gasteiger partial charge in [0.15, 0.2) is 6.61 Å². The molecular formula is C18H23NO5. The van der Waals surface area contributed by atoms with Crippen molar-refractivity contribution in [3.05, 3.63) is 29.8 Å². The van der Waals surface area contributed by atoms with Crippen molar-refractivity contribution in [2.45, 2.75) is 19.3 Å². The fourth-order valence-corrected chi connectivity index (χ4v) is 2.54. The van der Waals surface area contributed by atoms with Crippen molar-refractivity contribution in [3.8, 4) is 11.5 Å². The van der Waals surface area contributed by atoms with Crippen LogP contribution in [0.2, 0.25) is 0 Å². The minimum absolute atomic E-state index is 0.143. The number of hydrogen-bond acceptors (Lipinski definition) is 5. The largest absolute Gasteiger partial charge is 0.497 e. The van der Waals surface area contributed by atoms with Gasteiger partial charge >= 0.3 is 5.97 Å². The van der Waals surface area contributed by atoms with E-state index >= 15 is 0 Å². The zero-order valence-corrected chi connectivity index (χ0v) is 14.1. The summed E-state index contributed by atoms with van der Waals surface area (Å²) in [6, 6.07) is 5.27. The second kappa shape index (κ2) is 8.96. The van der Waals surface area contributed by atoms with Gasteiger partial charge in [0.05, 0.1) is 14.2 Å². The van der Waals surface area contributed by atoms with Crippen LogP contribution in [0.3, 0.4) is 0 Å². The molecule has 0 saturated carbocycles. The van der Waals surface area contributed by atoms with Crippen molar-refractivity contribution < 1.29 is 23.8 Å². The Morgan fingerprint density at radius 3 is 2.54 bits per heavy atom. The molecule has 130 valence electrons. The quantitative estimate of drug-likeness (QED) is 0.590. The van der Waals surface area contributed by atoms with Crippen LogP contribution in [0.15, 0.2) is 24.3 Å². The number of likely N-dealkylation sites (tertiary alicyclic amines) is 1. The Kier molecular flexibility index (Phi) is 6.66. The van der Waals surface area contributed by atoms with E-state index in [0.717, 1.165) is 32.4 Å². The minimum Gasteiger partial charge on any atom is -0.497 e. The van der Waals surface area contributed by atoms with E-state index in [1.54, 1.807) is 43.4 Å². The molecule has 0 spiro atoms. The first-order chi connectivity index (χ1) is 11.6. The van der Waals surface area contributed by atoms with Crippen molar-refractivity contribution in [2.75, 3.05) is 33.9 Å². The molecule has 1 fully saturated rings. The maximum absolute atomic E-state index is 11.9. The second-order valence-corrected chi connectivity index (χ2v) is 5.49. The monoisotopic (exact) mass is 333 g/mol. The number of carbonyl (C=O) groups excluding carboxylic acids is 2. The fraction of sp³-hybridized carbons (Fsp3) is 0.444. The topological polar surface area (TPSA) is 65.1 Å². The Balaban J connectivity index is 1.89. The first kappa shape index (κ1) is 17.8. The zero-order chi connectivity index (χ0) is 17.4. The number of ether oxygens (including phenoxy) is 3. The molecule has 1 aromatic rings. The van der Waals surface area contributed by atoms with Crippen molar-refractivity contribution in [2.24, 2.45) is 0 Å². The molecule has 0 aromatic heterocycles. The SMILES string of the molecule is COc1ccc(OC)c(/C=C/C(=O)OCC(=O)N2CCCCC2)c1. The fourth-order valence-electron chi connectivity index (χ4n) is 2.54. The molecular weight excluding hydrogens is 310 g/mol. The van der Waals surface area contributed by atoms with Gasteiger partial charge in [-0.2, -0.15) is 0 Å². The van der Waals surface area contributed by atoms with Gasteiger partial charge in [-0.1, -0.05) is 0 Å². The van der Waals surface area contributed by atoms with Crippen molar-refractivity contribution >= 4 is 18.0 Å². The summed E-state index contributed by atoms with van der Waals surface area (Å²) in [7, 11) is 3.12. The van der Waals surface area contributed by atoms with Crippen molar-refractivity contribution in [1.29, 1.82) is 0 Å². The smallest absolute Gasteiger partial charge is 0.331 e. The van der Waals surface area contributed by atoms with Crippen LogP contribution < -0.4 is 9.47 Å². The van der Waals surface area contributed by atoms with Crippen LogP contribution in [0.1, 0.15) is 24.8 Å². The average Bonchev–Trinajstić information content (AvgIpc) is 2.64. The van der Waals surface area contributed by atoms with Crippen molar-refractivity contribution in [1.82, 2.24) is 4.90 Å². The summed E-state index contributed by atoms with van der Waals surface area (Å²) in [6.07, 6.45) is 6.02. The van der Waals surface area contributed by atoms with Crippen LogP contribution in [0.25, 0.3) is 6.08 Å². The molecule has 0 radical (unpaired) electrons. The average molecular weight is 333 g/mol. The Morgan fingerprint density at radius 2 is 1.88 bits per heavy atom. The van der Waals surface area contributed by atoms with Gasteiger partial charge in [0, 0.05) is 24.7 Å². The Labute approximate surface area is 142 Å². The Bertz CT molecular complexity index is 605. The van der Waals surface area contributed by atoms with E-state index in [1.165, 1.54) is 6.08 Å². The molecule has 1 heterocycles. The molecule has 6 heteroatoms. The van der Waals surface area contributed by atoms with E-state index in [4.69, 9.17) is 14.2 Å². The lowest BCUT2D eigenvalue weighted by atomic mass is 10.1. The maximum Gasteiger partial charge on any atom is 0.331 e. The number of benzene rings is 1. The summed E-state index contributed by atoms with van der Waals surface area (Å²) in [5.74, 6) is 0.564. The number of rotatable bonds is 6. The first-order valence-electron chi connectivity index (χ1n) is 7.98. The number of nitrogens with zero attached hydrogens (tertiary/aromatic N) is 1. The Hall–Kier alpha value is -2.50. The number of methoxy groups -OCH3 is 2. The summed E-state index contributed by atoms with van der Waals surface area (Å²) in [5.41, 5.74) is 0.691. The molecule has 24 heavy (non-hydrogen) atoms. The van der Waals surface area contributed by atoms with E-state index < -0.39 is 5.97 Å². The van der Waals surface area contributed by atoms with E-state index in [9.17, 15) is 9.59 Å². The molecule has 1 aliphatic heterocycles. The Morgan fingerprint density at radius 1 is 1.12 bits per heavy atom. The lowest BCUT2D eigenvalue weighted by Crippen LogP contribution is -2.38. The summed E-state index contributed by atoms with van der Waals surface area (Å²) in [4.78, 5) is 25.5. The molecule has 1 aromatic carbocycles. The van der Waals surface area contributed by atoms with Crippen LogP contribution >= 0.6 is 0 Å². The van der Waals surface area contributed by atoms with Gasteiger partial charge in [0.2, 0.25) is 0 Å². The van der Waals surface area contributed by atoms with E-state index in [-0.39, 0.29) is 12.5 Å². The number of esters is 1. The molecule has 1 amide bonds. The summed E-state index contributed by atoms with van der Waals surface area (Å²) in [6.45, 7) is 1.26. The zero-order valence-electron chi connectivity index (χ0n) is 14.1. The third-order valence-electron chi connectivity index (χ3n) is 3.88. The number of carbonyl (C=O) groups is 2. The van der Waals surface area contributed by atoms with Gasteiger partial charge in [-0.05, 0) is 43.5 Å². The molecule has 1 aliphatic rings. The van der Waals surface area contributed by atoms with Crippen LogP contribution in [0, 0.1) is 0 Å². The van der Waals surface area contributed by atoms with Crippen LogP contribution in [0.5, 0.6) is 11.5 Å². The van der Waals surface area contributed by atoms with Crippen LogP contribution in [-0.4, -0.2) is 50.7 Å². The van der Waals surface area contributed by atoms with Gasteiger partial charge < -0.3 is 19.1 Å². The second-order valence-electron chi connectivity index (χ2n) is 5.49. The first-order valence-corrected chi connectivity index (χ1v) is 7.98. The highest BCUT2D eigenvalue weighted by Gasteiger charge is 2.17. The van der Waals surface area contributed by atoms with Gasteiger partial charge in [0.1, 0.15) is 11.5 Å². The molecule has 0 unspecified atom stereocenters. The van der Waals surface area contributed by atoms with Crippen molar-refractivity contribution in [3.63, 3.8) is 0 Å². The predicted molar refractivity (Wildman–Crippen MR) is 90.0 cm³/mol. The third kappa shape index (κ3) is 5.01. The van der Waals surface area contributed by atoms with Gasteiger partial charge in [0.25, 0.3) is 5.91 Å². The highest BCUT2D eigenvalue weighted by molar-refractivity contribution is 5.89. The molecule has 1 saturated heterocycles. The molecule has 0 aliphatic carbocycles. The van der Waals surface area contributed by atoms with Gasteiger partial charge in [-0.25, -0.2) is 4.79 Å². The lowest BCUT2D eigenvalue weighted by Gasteiger charge is -2.26. The lowest BCUT2D eigenvalue weighted by molar-refractivity contribution is -0.148. The standard InChI is InChI=1S/C18H23NO5/c1-22-15-7-8-16(23-2)14(12-15)6-9-18(21)24-13-17(20)19-10-4-3-5-11-19/h6-9,12H,3-5,10-11,13H2,1-2H3/b9-6+. The molecule has 0 N–H and O–H groups in total. The molecule has 0 atom stereocenters. The highest BCUT2D eigenvalue weighted by atomic mass is 16.5. The van der Waals surface area contributed by atoms with Crippen LogP contribution in [0.4, 0.5) is 0 Å². The predicted octanol–water partition coefficient (Wildman–Crippen LogP) is 2.27. The number of hydrogen-bond donors (Lipinski definition) is 0. The normalized spacial score (nSPS) is 14.5.